The molecule has 0 spiro atoms. The van der Waals surface area contributed by atoms with E-state index in [9.17, 15) is 9.18 Å². The fraction of sp³-hybridized carbons (Fsp3) is 0.611. The molecule has 23 heavy (non-hydrogen) atoms. The summed E-state index contributed by atoms with van der Waals surface area (Å²) in [6, 6.07) is 6.82. The summed E-state index contributed by atoms with van der Waals surface area (Å²) in [5.41, 5.74) is 0.682. The molecule has 0 saturated carbocycles. The number of hydrogen-bond acceptors (Lipinski definition) is 3. The SMILES string of the molecule is O=C(NC[C@@H](c1ccccc1F)N1CCCC1)C1CCOCC1. The van der Waals surface area contributed by atoms with Crippen LogP contribution >= 0.6 is 0 Å². The molecular weight excluding hydrogens is 295 g/mol. The minimum absolute atomic E-state index is 0.0311. The van der Waals surface area contributed by atoms with Gasteiger partial charge < -0.3 is 10.1 Å². The van der Waals surface area contributed by atoms with Crippen molar-refractivity contribution in [2.24, 2.45) is 5.92 Å². The Morgan fingerprint density at radius 2 is 1.96 bits per heavy atom. The van der Waals surface area contributed by atoms with Crippen molar-refractivity contribution < 1.29 is 13.9 Å². The molecule has 2 aliphatic heterocycles. The van der Waals surface area contributed by atoms with E-state index in [4.69, 9.17) is 4.74 Å². The van der Waals surface area contributed by atoms with Gasteiger partial charge in [-0.2, -0.15) is 0 Å². The molecule has 3 rings (SSSR count). The zero-order chi connectivity index (χ0) is 16.1. The molecule has 2 heterocycles. The maximum Gasteiger partial charge on any atom is 0.223 e. The Labute approximate surface area is 137 Å². The topological polar surface area (TPSA) is 41.6 Å². The lowest BCUT2D eigenvalue weighted by molar-refractivity contribution is -0.128. The summed E-state index contributed by atoms with van der Waals surface area (Å²) < 4.78 is 19.5. The number of likely N-dealkylation sites (tertiary alicyclic amines) is 1. The first-order chi connectivity index (χ1) is 11.3. The van der Waals surface area contributed by atoms with Gasteiger partial charge in [0.05, 0.1) is 6.04 Å². The summed E-state index contributed by atoms with van der Waals surface area (Å²) in [5.74, 6) is -0.0813. The van der Waals surface area contributed by atoms with E-state index in [2.05, 4.69) is 10.2 Å². The van der Waals surface area contributed by atoms with Crippen molar-refractivity contribution in [1.82, 2.24) is 10.2 Å². The maximum absolute atomic E-state index is 14.2. The number of nitrogens with zero attached hydrogens (tertiary/aromatic N) is 1. The Kier molecular flexibility index (Phi) is 5.62. The third-order valence-corrected chi connectivity index (χ3v) is 4.91. The third kappa shape index (κ3) is 4.09. The molecule has 0 aromatic heterocycles. The van der Waals surface area contributed by atoms with Crippen LogP contribution in [0.2, 0.25) is 0 Å². The molecule has 2 aliphatic rings. The molecular formula is C18H25FN2O2. The molecule has 0 bridgehead atoms. The molecule has 5 heteroatoms. The van der Waals surface area contributed by atoms with Gasteiger partial charge >= 0.3 is 0 Å². The Bertz CT molecular complexity index is 526. The number of benzene rings is 1. The first-order valence-corrected chi connectivity index (χ1v) is 8.59. The lowest BCUT2D eigenvalue weighted by Crippen LogP contribution is -2.40. The van der Waals surface area contributed by atoms with E-state index in [-0.39, 0.29) is 23.7 Å². The molecule has 2 fully saturated rings. The molecule has 1 amide bonds. The Balaban J connectivity index is 1.66. The molecule has 1 atom stereocenters. The van der Waals surface area contributed by atoms with Gasteiger partial charge in [0.25, 0.3) is 0 Å². The highest BCUT2D eigenvalue weighted by Crippen LogP contribution is 2.26. The van der Waals surface area contributed by atoms with Crippen LogP contribution in [0.1, 0.15) is 37.3 Å². The molecule has 0 unspecified atom stereocenters. The van der Waals surface area contributed by atoms with Crippen LogP contribution in [0, 0.1) is 11.7 Å². The largest absolute Gasteiger partial charge is 0.381 e. The first kappa shape index (κ1) is 16.4. The van der Waals surface area contributed by atoms with Crippen molar-refractivity contribution in [2.45, 2.75) is 31.7 Å². The van der Waals surface area contributed by atoms with Crippen molar-refractivity contribution in [1.29, 1.82) is 0 Å². The maximum atomic E-state index is 14.2. The van der Waals surface area contributed by atoms with Crippen molar-refractivity contribution in [3.05, 3.63) is 35.6 Å². The quantitative estimate of drug-likeness (QED) is 0.906. The Morgan fingerprint density at radius 1 is 1.26 bits per heavy atom. The van der Waals surface area contributed by atoms with Crippen LogP contribution in [-0.2, 0) is 9.53 Å². The second kappa shape index (κ2) is 7.88. The van der Waals surface area contributed by atoms with Crippen LogP contribution in [0.4, 0.5) is 4.39 Å². The van der Waals surface area contributed by atoms with Gasteiger partial charge in [0.1, 0.15) is 5.82 Å². The summed E-state index contributed by atoms with van der Waals surface area (Å²) in [7, 11) is 0. The smallest absolute Gasteiger partial charge is 0.223 e. The van der Waals surface area contributed by atoms with Crippen molar-refractivity contribution in [3.8, 4) is 0 Å². The number of ether oxygens (including phenoxy) is 1. The van der Waals surface area contributed by atoms with E-state index < -0.39 is 0 Å². The van der Waals surface area contributed by atoms with E-state index in [1.165, 1.54) is 6.07 Å². The van der Waals surface area contributed by atoms with Gasteiger partial charge in [0.15, 0.2) is 0 Å². The third-order valence-electron chi connectivity index (χ3n) is 4.91. The Morgan fingerprint density at radius 3 is 2.65 bits per heavy atom. The second-order valence-electron chi connectivity index (χ2n) is 6.41. The van der Waals surface area contributed by atoms with Gasteiger partial charge in [-0.15, -0.1) is 0 Å². The zero-order valence-corrected chi connectivity index (χ0v) is 13.5. The molecule has 1 aromatic rings. The number of carbonyl (C=O) groups excluding carboxylic acids is 1. The van der Waals surface area contributed by atoms with Crippen molar-refractivity contribution in [2.75, 3.05) is 32.8 Å². The lowest BCUT2D eigenvalue weighted by Gasteiger charge is -2.29. The number of halogens is 1. The highest BCUT2D eigenvalue weighted by atomic mass is 19.1. The van der Waals surface area contributed by atoms with E-state index >= 15 is 0 Å². The van der Waals surface area contributed by atoms with Crippen LogP contribution in [0.15, 0.2) is 24.3 Å². The van der Waals surface area contributed by atoms with Crippen LogP contribution in [0.25, 0.3) is 0 Å². The highest BCUT2D eigenvalue weighted by molar-refractivity contribution is 5.78. The van der Waals surface area contributed by atoms with Gasteiger partial charge in [-0.25, -0.2) is 4.39 Å². The highest BCUT2D eigenvalue weighted by Gasteiger charge is 2.27. The van der Waals surface area contributed by atoms with E-state index in [0.29, 0.717) is 25.3 Å². The zero-order valence-electron chi connectivity index (χ0n) is 13.5. The van der Waals surface area contributed by atoms with Crippen LogP contribution in [-0.4, -0.2) is 43.7 Å². The van der Waals surface area contributed by atoms with Gasteiger partial charge in [-0.3, -0.25) is 9.69 Å². The summed E-state index contributed by atoms with van der Waals surface area (Å²) >= 11 is 0. The van der Waals surface area contributed by atoms with E-state index in [1.807, 2.05) is 12.1 Å². The van der Waals surface area contributed by atoms with Gasteiger partial charge in [0, 0.05) is 31.2 Å². The molecule has 1 N–H and O–H groups in total. The molecule has 0 radical (unpaired) electrons. The average molecular weight is 320 g/mol. The normalized spacial score (nSPS) is 21.3. The monoisotopic (exact) mass is 320 g/mol. The molecule has 0 aliphatic carbocycles. The van der Waals surface area contributed by atoms with Crippen LogP contribution in [0.5, 0.6) is 0 Å². The minimum atomic E-state index is -0.190. The van der Waals surface area contributed by atoms with Gasteiger partial charge in [-0.1, -0.05) is 18.2 Å². The van der Waals surface area contributed by atoms with Crippen molar-refractivity contribution >= 4 is 5.91 Å². The van der Waals surface area contributed by atoms with Crippen LogP contribution < -0.4 is 5.32 Å². The second-order valence-corrected chi connectivity index (χ2v) is 6.41. The fourth-order valence-corrected chi connectivity index (χ4v) is 3.54. The molecule has 126 valence electrons. The van der Waals surface area contributed by atoms with Crippen LogP contribution in [0.3, 0.4) is 0 Å². The predicted octanol–water partition coefficient (Wildman–Crippen LogP) is 2.51. The summed E-state index contributed by atoms with van der Waals surface area (Å²) in [4.78, 5) is 14.6. The number of rotatable bonds is 5. The Hall–Kier alpha value is -1.46. The standard InChI is InChI=1S/C18H25FN2O2/c19-16-6-2-1-5-15(16)17(21-9-3-4-10-21)13-20-18(22)14-7-11-23-12-8-14/h1-2,5-6,14,17H,3-4,7-13H2,(H,20,22)/t17-/m0/s1. The lowest BCUT2D eigenvalue weighted by atomic mass is 9.99. The number of amides is 1. The van der Waals surface area contributed by atoms with Gasteiger partial charge in [-0.05, 0) is 44.8 Å². The number of hydrogen-bond donors (Lipinski definition) is 1. The summed E-state index contributed by atoms with van der Waals surface area (Å²) in [6.45, 7) is 3.71. The number of carbonyl (C=O) groups is 1. The molecule has 1 aromatic carbocycles. The van der Waals surface area contributed by atoms with E-state index in [1.54, 1.807) is 6.07 Å². The summed E-state index contributed by atoms with van der Waals surface area (Å²) in [5, 5.41) is 3.05. The average Bonchev–Trinajstić information content (AvgIpc) is 3.11. The fourth-order valence-electron chi connectivity index (χ4n) is 3.54. The number of nitrogens with one attached hydrogen (secondary N) is 1. The van der Waals surface area contributed by atoms with Crippen molar-refractivity contribution in [3.63, 3.8) is 0 Å². The summed E-state index contributed by atoms with van der Waals surface area (Å²) in [6.07, 6.45) is 3.83. The van der Waals surface area contributed by atoms with E-state index in [0.717, 1.165) is 38.8 Å². The first-order valence-electron chi connectivity index (χ1n) is 8.59. The molecule has 2 saturated heterocycles. The van der Waals surface area contributed by atoms with Gasteiger partial charge in [0.2, 0.25) is 5.91 Å². The minimum Gasteiger partial charge on any atom is -0.381 e. The molecule has 4 nitrogen and oxygen atoms in total. The predicted molar refractivity (Wildman–Crippen MR) is 86.5 cm³/mol.